The lowest BCUT2D eigenvalue weighted by molar-refractivity contribution is 0.203. The molecule has 0 saturated carbocycles. The second-order valence-corrected chi connectivity index (χ2v) is 6.62. The minimum Gasteiger partial charge on any atom is -0.226 e. The average molecular weight is 309 g/mol. The molecule has 0 amide bonds. The van der Waals surface area contributed by atoms with E-state index in [4.69, 9.17) is 0 Å². The van der Waals surface area contributed by atoms with Crippen LogP contribution in [0.25, 0.3) is 0 Å². The van der Waals surface area contributed by atoms with Crippen LogP contribution in [0.15, 0.2) is 6.33 Å². The Kier molecular flexibility index (Phi) is 10.1. The second kappa shape index (κ2) is 11.6. The van der Waals surface area contributed by atoms with Gasteiger partial charge in [-0.15, -0.1) is 5.10 Å². The van der Waals surface area contributed by atoms with Gasteiger partial charge in [0.05, 0.1) is 5.54 Å². The molecule has 4 heteroatoms. The number of unbranched alkanes of at least 4 members (excludes halogenated alkanes) is 9. The van der Waals surface area contributed by atoms with Crippen LogP contribution in [0, 0.1) is 0 Å². The van der Waals surface area contributed by atoms with Gasteiger partial charge in [-0.05, 0) is 29.7 Å². The van der Waals surface area contributed by atoms with Crippen LogP contribution in [-0.2, 0) is 5.54 Å². The first kappa shape index (κ1) is 19.1. The molecule has 22 heavy (non-hydrogen) atoms. The molecule has 1 rings (SSSR count). The maximum Gasteiger partial charge on any atom is 0.138 e. The molecule has 0 aromatic carbocycles. The van der Waals surface area contributed by atoms with E-state index in [0.717, 1.165) is 12.8 Å². The molecular formula is C18H36N4. The van der Waals surface area contributed by atoms with Crippen LogP contribution in [0.2, 0.25) is 0 Å². The fourth-order valence-electron chi connectivity index (χ4n) is 3.36. The highest BCUT2D eigenvalue weighted by Crippen LogP contribution is 2.30. The van der Waals surface area contributed by atoms with Crippen molar-refractivity contribution >= 4 is 0 Å². The number of rotatable bonds is 14. The van der Waals surface area contributed by atoms with E-state index in [1.807, 2.05) is 4.68 Å². The minimum atomic E-state index is 0.129. The molecule has 0 spiro atoms. The quantitative estimate of drug-likeness (QED) is 0.426. The molecule has 1 heterocycles. The van der Waals surface area contributed by atoms with Gasteiger partial charge in [0.15, 0.2) is 0 Å². The summed E-state index contributed by atoms with van der Waals surface area (Å²) < 4.78 is 1.99. The van der Waals surface area contributed by atoms with Crippen molar-refractivity contribution in [2.75, 3.05) is 0 Å². The van der Waals surface area contributed by atoms with Crippen molar-refractivity contribution in [3.05, 3.63) is 6.33 Å². The third kappa shape index (κ3) is 6.45. The summed E-state index contributed by atoms with van der Waals surface area (Å²) in [6, 6.07) is 0. The van der Waals surface area contributed by atoms with Gasteiger partial charge in [0, 0.05) is 0 Å². The second-order valence-electron chi connectivity index (χ2n) is 6.62. The molecule has 0 saturated heterocycles. The zero-order valence-corrected chi connectivity index (χ0v) is 15.1. The highest BCUT2D eigenvalue weighted by Gasteiger charge is 2.28. The fraction of sp³-hybridized carbons (Fsp3) is 0.944. The summed E-state index contributed by atoms with van der Waals surface area (Å²) in [5.74, 6) is 0. The average Bonchev–Trinajstić information content (AvgIpc) is 3.08. The zero-order valence-electron chi connectivity index (χ0n) is 15.1. The standard InChI is InChI=1S/C18H36N4/c1-4-7-8-9-10-11-12-13-14-15-16-18(5-2,6-3)22-17-19-20-21-22/h17H,4-16H2,1-3H3. The van der Waals surface area contributed by atoms with E-state index in [1.54, 1.807) is 6.33 Å². The van der Waals surface area contributed by atoms with E-state index < -0.39 is 0 Å². The minimum absolute atomic E-state index is 0.129. The molecule has 1 aromatic rings. The van der Waals surface area contributed by atoms with Crippen LogP contribution in [-0.4, -0.2) is 20.2 Å². The van der Waals surface area contributed by atoms with Crippen molar-refractivity contribution < 1.29 is 0 Å². The Labute approximate surface area is 137 Å². The Hall–Kier alpha value is -0.930. The lowest BCUT2D eigenvalue weighted by Crippen LogP contribution is -2.33. The van der Waals surface area contributed by atoms with Crippen molar-refractivity contribution in [1.29, 1.82) is 0 Å². The van der Waals surface area contributed by atoms with Gasteiger partial charge >= 0.3 is 0 Å². The Balaban J connectivity index is 2.12. The van der Waals surface area contributed by atoms with Crippen molar-refractivity contribution in [3.8, 4) is 0 Å². The smallest absolute Gasteiger partial charge is 0.138 e. The third-order valence-electron chi connectivity index (χ3n) is 5.15. The van der Waals surface area contributed by atoms with Gasteiger partial charge < -0.3 is 0 Å². The van der Waals surface area contributed by atoms with Crippen molar-refractivity contribution in [1.82, 2.24) is 20.2 Å². The van der Waals surface area contributed by atoms with Gasteiger partial charge in [-0.3, -0.25) is 0 Å². The van der Waals surface area contributed by atoms with Crippen LogP contribution < -0.4 is 0 Å². The highest BCUT2D eigenvalue weighted by atomic mass is 15.5. The van der Waals surface area contributed by atoms with E-state index in [-0.39, 0.29) is 5.54 Å². The van der Waals surface area contributed by atoms with Crippen LogP contribution >= 0.6 is 0 Å². The van der Waals surface area contributed by atoms with Crippen molar-refractivity contribution in [3.63, 3.8) is 0 Å². The summed E-state index contributed by atoms with van der Waals surface area (Å²) in [5, 5.41) is 11.8. The summed E-state index contributed by atoms with van der Waals surface area (Å²) in [6.07, 6.45) is 19.1. The van der Waals surface area contributed by atoms with E-state index in [0.29, 0.717) is 0 Å². The predicted molar refractivity (Wildman–Crippen MR) is 92.8 cm³/mol. The van der Waals surface area contributed by atoms with E-state index in [1.165, 1.54) is 70.6 Å². The summed E-state index contributed by atoms with van der Waals surface area (Å²) in [5.41, 5.74) is 0.129. The Morgan fingerprint density at radius 2 is 1.32 bits per heavy atom. The largest absolute Gasteiger partial charge is 0.226 e. The molecule has 0 atom stereocenters. The fourth-order valence-corrected chi connectivity index (χ4v) is 3.36. The monoisotopic (exact) mass is 308 g/mol. The van der Waals surface area contributed by atoms with Gasteiger partial charge in [-0.1, -0.05) is 85.0 Å². The van der Waals surface area contributed by atoms with Crippen molar-refractivity contribution in [2.24, 2.45) is 0 Å². The van der Waals surface area contributed by atoms with Crippen LogP contribution in [0.4, 0.5) is 0 Å². The Bertz CT molecular complexity index is 344. The summed E-state index contributed by atoms with van der Waals surface area (Å²) in [6.45, 7) is 6.78. The lowest BCUT2D eigenvalue weighted by Gasteiger charge is -2.31. The first-order valence-corrected chi connectivity index (χ1v) is 9.52. The first-order chi connectivity index (χ1) is 10.8. The zero-order chi connectivity index (χ0) is 16.1. The molecule has 0 unspecified atom stereocenters. The SMILES string of the molecule is CCCCCCCCCCCCC(CC)(CC)n1cnnn1. The summed E-state index contributed by atoms with van der Waals surface area (Å²) >= 11 is 0. The van der Waals surface area contributed by atoms with Crippen molar-refractivity contribution in [2.45, 2.75) is 110 Å². The molecule has 1 aromatic heterocycles. The summed E-state index contributed by atoms with van der Waals surface area (Å²) in [4.78, 5) is 0. The Morgan fingerprint density at radius 1 is 0.773 bits per heavy atom. The molecule has 0 fully saturated rings. The normalized spacial score (nSPS) is 12.0. The molecular weight excluding hydrogens is 272 g/mol. The molecule has 128 valence electrons. The topological polar surface area (TPSA) is 43.6 Å². The first-order valence-electron chi connectivity index (χ1n) is 9.52. The van der Waals surface area contributed by atoms with Crippen LogP contribution in [0.3, 0.4) is 0 Å². The number of tetrazole rings is 1. The molecule has 4 nitrogen and oxygen atoms in total. The maximum absolute atomic E-state index is 4.15. The molecule has 0 aliphatic heterocycles. The predicted octanol–water partition coefficient (Wildman–Crippen LogP) is 5.50. The van der Waals surface area contributed by atoms with Gasteiger partial charge in [0.25, 0.3) is 0 Å². The van der Waals surface area contributed by atoms with Gasteiger partial charge in [0.2, 0.25) is 0 Å². The van der Waals surface area contributed by atoms with Gasteiger partial charge in [-0.25, -0.2) is 4.68 Å². The number of aromatic nitrogens is 4. The summed E-state index contributed by atoms with van der Waals surface area (Å²) in [7, 11) is 0. The molecule has 0 aliphatic rings. The number of nitrogens with zero attached hydrogens (tertiary/aromatic N) is 4. The van der Waals surface area contributed by atoms with Crippen LogP contribution in [0.5, 0.6) is 0 Å². The molecule has 0 bridgehead atoms. The highest BCUT2D eigenvalue weighted by molar-refractivity contribution is 4.82. The van der Waals surface area contributed by atoms with E-state index in [9.17, 15) is 0 Å². The molecule has 0 N–H and O–H groups in total. The van der Waals surface area contributed by atoms with E-state index >= 15 is 0 Å². The Morgan fingerprint density at radius 3 is 1.77 bits per heavy atom. The van der Waals surface area contributed by atoms with E-state index in [2.05, 4.69) is 36.3 Å². The lowest BCUT2D eigenvalue weighted by atomic mass is 9.87. The van der Waals surface area contributed by atoms with Gasteiger partial charge in [0.1, 0.15) is 6.33 Å². The number of hydrogen-bond donors (Lipinski definition) is 0. The molecule has 0 aliphatic carbocycles. The third-order valence-corrected chi connectivity index (χ3v) is 5.15. The van der Waals surface area contributed by atoms with Gasteiger partial charge in [-0.2, -0.15) is 0 Å². The number of hydrogen-bond acceptors (Lipinski definition) is 3. The van der Waals surface area contributed by atoms with Crippen LogP contribution in [0.1, 0.15) is 104 Å². The maximum atomic E-state index is 4.15. The molecule has 0 radical (unpaired) electrons.